The summed E-state index contributed by atoms with van der Waals surface area (Å²) in [6.45, 7) is 1.55. The van der Waals surface area contributed by atoms with Gasteiger partial charge in [0.25, 0.3) is 10.2 Å². The topological polar surface area (TPSA) is 70.7 Å². The summed E-state index contributed by atoms with van der Waals surface area (Å²) in [4.78, 5) is 0. The third kappa shape index (κ3) is 5.30. The van der Waals surface area contributed by atoms with E-state index in [1.807, 2.05) is 0 Å². The van der Waals surface area contributed by atoms with Crippen LogP contribution in [0.3, 0.4) is 0 Å². The molecule has 142 valence electrons. The lowest BCUT2D eigenvalue weighted by molar-refractivity contribution is -0.137. The van der Waals surface area contributed by atoms with Crippen molar-refractivity contribution in [3.63, 3.8) is 0 Å². The van der Waals surface area contributed by atoms with Crippen molar-refractivity contribution in [1.29, 1.82) is 0 Å². The smallest absolute Gasteiger partial charge is 0.416 e. The molecule has 6 nitrogen and oxygen atoms in total. The minimum Gasteiger partial charge on any atom is -0.489 e. The molecule has 2 rings (SSSR count). The molecule has 0 radical (unpaired) electrons. The second-order valence-corrected chi connectivity index (χ2v) is 7.90. The molecule has 1 heterocycles. The molecule has 2 atom stereocenters. The highest BCUT2D eigenvalue weighted by Crippen LogP contribution is 2.31. The van der Waals surface area contributed by atoms with E-state index in [0.717, 1.165) is 29.4 Å². The summed E-state index contributed by atoms with van der Waals surface area (Å²) in [5, 5.41) is 3.18. The lowest BCUT2D eigenvalue weighted by Crippen LogP contribution is -2.45. The van der Waals surface area contributed by atoms with Crippen molar-refractivity contribution in [2.24, 2.45) is 5.92 Å². The first-order chi connectivity index (χ1) is 11.6. The van der Waals surface area contributed by atoms with E-state index in [-0.39, 0.29) is 18.2 Å². The fraction of sp³-hybridized carbons (Fsp3) is 0.600. The highest BCUT2D eigenvalue weighted by molar-refractivity contribution is 7.87. The van der Waals surface area contributed by atoms with Crippen LogP contribution >= 0.6 is 0 Å². The van der Waals surface area contributed by atoms with E-state index < -0.39 is 28.1 Å². The van der Waals surface area contributed by atoms with E-state index in [2.05, 4.69) is 10.0 Å². The van der Waals surface area contributed by atoms with Crippen LogP contribution in [0.4, 0.5) is 13.2 Å². The number of alkyl halides is 3. The van der Waals surface area contributed by atoms with Crippen molar-refractivity contribution in [3.8, 4) is 5.75 Å². The number of ether oxygens (including phenoxy) is 1. The van der Waals surface area contributed by atoms with E-state index in [4.69, 9.17) is 4.74 Å². The standard InChI is InChI=1S/C15H22F3N3O3S/c1-19-25(22,23)21(2)10-14(11-7-8-20-9-11)24-13-5-3-12(4-6-13)15(16,17)18/h3-6,11,14,19-20H,7-10H2,1-2H3/t11-,14+/m0/s1. The molecule has 1 aliphatic heterocycles. The first-order valence-corrected chi connectivity index (χ1v) is 9.27. The van der Waals surface area contributed by atoms with E-state index in [1.54, 1.807) is 0 Å². The molecule has 0 spiro atoms. The van der Waals surface area contributed by atoms with Crippen molar-refractivity contribution in [3.05, 3.63) is 29.8 Å². The molecule has 1 aliphatic rings. The quantitative estimate of drug-likeness (QED) is 0.750. The zero-order valence-corrected chi connectivity index (χ0v) is 14.8. The zero-order valence-electron chi connectivity index (χ0n) is 14.0. The molecule has 0 bridgehead atoms. The minimum atomic E-state index is -4.41. The Kier molecular flexibility index (Phi) is 6.30. The van der Waals surface area contributed by atoms with Gasteiger partial charge in [-0.1, -0.05) is 0 Å². The van der Waals surface area contributed by atoms with Gasteiger partial charge in [-0.05, 0) is 37.2 Å². The van der Waals surface area contributed by atoms with E-state index in [1.165, 1.54) is 26.2 Å². The third-order valence-corrected chi connectivity index (χ3v) is 5.68. The van der Waals surface area contributed by atoms with Gasteiger partial charge in [-0.3, -0.25) is 0 Å². The predicted octanol–water partition coefficient (Wildman–Crippen LogP) is 1.46. The number of nitrogens with one attached hydrogen (secondary N) is 2. The normalized spacial score (nSPS) is 20.0. The maximum Gasteiger partial charge on any atom is 0.416 e. The molecular weight excluding hydrogens is 359 g/mol. The van der Waals surface area contributed by atoms with Crippen molar-refractivity contribution < 1.29 is 26.3 Å². The van der Waals surface area contributed by atoms with Gasteiger partial charge >= 0.3 is 6.18 Å². The van der Waals surface area contributed by atoms with Crippen LogP contribution in [0.1, 0.15) is 12.0 Å². The van der Waals surface area contributed by atoms with Gasteiger partial charge in [-0.25, -0.2) is 4.72 Å². The molecular formula is C15H22F3N3O3S. The number of likely N-dealkylation sites (N-methyl/N-ethyl adjacent to an activating group) is 1. The van der Waals surface area contributed by atoms with Crippen molar-refractivity contribution >= 4 is 10.2 Å². The van der Waals surface area contributed by atoms with Crippen LogP contribution in [-0.2, 0) is 16.4 Å². The summed E-state index contributed by atoms with van der Waals surface area (Å²) in [6, 6.07) is 4.41. The third-order valence-electron chi connectivity index (χ3n) is 4.20. The molecule has 1 fully saturated rings. The van der Waals surface area contributed by atoms with Crippen molar-refractivity contribution in [1.82, 2.24) is 14.3 Å². The molecule has 0 saturated carbocycles. The summed E-state index contributed by atoms with van der Waals surface area (Å²) in [5.41, 5.74) is -0.756. The van der Waals surface area contributed by atoms with Gasteiger partial charge in [0.15, 0.2) is 0 Å². The van der Waals surface area contributed by atoms with Crippen LogP contribution < -0.4 is 14.8 Å². The van der Waals surface area contributed by atoms with Crippen LogP contribution in [-0.4, -0.2) is 52.6 Å². The Labute approximate surface area is 145 Å². The van der Waals surface area contributed by atoms with Crippen LogP contribution in [0.25, 0.3) is 0 Å². The Bertz CT molecular complexity index is 659. The van der Waals surface area contributed by atoms with Gasteiger partial charge in [-0.2, -0.15) is 25.9 Å². The Morgan fingerprint density at radius 1 is 1.36 bits per heavy atom. The number of hydrogen-bond acceptors (Lipinski definition) is 4. The largest absolute Gasteiger partial charge is 0.489 e. The molecule has 1 aromatic rings. The van der Waals surface area contributed by atoms with Crippen molar-refractivity contribution in [2.75, 3.05) is 33.7 Å². The zero-order chi connectivity index (χ0) is 18.7. The Hall–Kier alpha value is -1.36. The molecule has 0 amide bonds. The second-order valence-electron chi connectivity index (χ2n) is 5.92. The van der Waals surface area contributed by atoms with Gasteiger partial charge in [0, 0.05) is 26.6 Å². The van der Waals surface area contributed by atoms with E-state index in [9.17, 15) is 21.6 Å². The van der Waals surface area contributed by atoms with E-state index >= 15 is 0 Å². The minimum absolute atomic E-state index is 0.0665. The Morgan fingerprint density at radius 3 is 2.48 bits per heavy atom. The molecule has 1 aromatic carbocycles. The monoisotopic (exact) mass is 381 g/mol. The van der Waals surface area contributed by atoms with Crippen LogP contribution in [0.15, 0.2) is 24.3 Å². The molecule has 0 unspecified atom stereocenters. The fourth-order valence-corrected chi connectivity index (χ4v) is 3.34. The lowest BCUT2D eigenvalue weighted by atomic mass is 10.0. The molecule has 0 aliphatic carbocycles. The molecule has 1 saturated heterocycles. The molecule has 10 heteroatoms. The highest BCUT2D eigenvalue weighted by atomic mass is 32.2. The Morgan fingerprint density at radius 2 is 2.00 bits per heavy atom. The van der Waals surface area contributed by atoms with Gasteiger partial charge < -0.3 is 10.1 Å². The number of benzene rings is 1. The maximum atomic E-state index is 12.6. The Balaban J connectivity index is 2.13. The number of nitrogens with zero attached hydrogens (tertiary/aromatic N) is 1. The van der Waals surface area contributed by atoms with Gasteiger partial charge in [0.2, 0.25) is 0 Å². The summed E-state index contributed by atoms with van der Waals surface area (Å²) >= 11 is 0. The average molecular weight is 381 g/mol. The maximum absolute atomic E-state index is 12.6. The van der Waals surface area contributed by atoms with Crippen LogP contribution in [0.5, 0.6) is 5.75 Å². The molecule has 25 heavy (non-hydrogen) atoms. The van der Waals surface area contributed by atoms with Crippen molar-refractivity contribution in [2.45, 2.75) is 18.7 Å². The van der Waals surface area contributed by atoms with Crippen LogP contribution in [0.2, 0.25) is 0 Å². The summed E-state index contributed by atoms with van der Waals surface area (Å²) in [6.07, 6.45) is -4.08. The fourth-order valence-electron chi connectivity index (χ4n) is 2.68. The van der Waals surface area contributed by atoms with E-state index in [0.29, 0.717) is 6.54 Å². The summed E-state index contributed by atoms with van der Waals surface area (Å²) in [5.74, 6) is 0.344. The van der Waals surface area contributed by atoms with Gasteiger partial charge in [0.05, 0.1) is 12.1 Å². The predicted molar refractivity (Wildman–Crippen MR) is 87.4 cm³/mol. The number of hydrogen-bond donors (Lipinski definition) is 2. The molecule has 2 N–H and O–H groups in total. The van der Waals surface area contributed by atoms with Gasteiger partial charge in [0.1, 0.15) is 11.9 Å². The summed E-state index contributed by atoms with van der Waals surface area (Å²) < 4.78 is 70.9. The van der Waals surface area contributed by atoms with Gasteiger partial charge in [-0.15, -0.1) is 0 Å². The number of rotatable bonds is 7. The second kappa shape index (κ2) is 7.90. The SMILES string of the molecule is CNS(=O)(=O)N(C)C[C@@H](Oc1ccc(C(F)(F)F)cc1)[C@H]1CCNC1. The number of halogens is 3. The van der Waals surface area contributed by atoms with Crippen LogP contribution in [0, 0.1) is 5.92 Å². The first-order valence-electron chi connectivity index (χ1n) is 7.83. The summed E-state index contributed by atoms with van der Waals surface area (Å²) in [7, 11) is -0.865. The highest BCUT2D eigenvalue weighted by Gasteiger charge is 2.32. The average Bonchev–Trinajstić information content (AvgIpc) is 3.08. The lowest BCUT2D eigenvalue weighted by Gasteiger charge is -2.28. The first kappa shape index (κ1) is 20.0. The molecule has 0 aromatic heterocycles.